The molecule has 1 aliphatic rings. The Balaban J connectivity index is 0.000000429. The summed E-state index contributed by atoms with van der Waals surface area (Å²) in [7, 11) is 0. The normalized spacial score (nSPS) is 13.5. The van der Waals surface area contributed by atoms with E-state index in [-0.39, 0.29) is 10.8 Å². The van der Waals surface area contributed by atoms with Crippen LogP contribution in [0, 0.1) is 0 Å². The summed E-state index contributed by atoms with van der Waals surface area (Å²) < 4.78 is 33.2. The van der Waals surface area contributed by atoms with Gasteiger partial charge in [-0.1, -0.05) is 47.1 Å². The number of carboxylic acid groups (broad SMARTS) is 1. The number of aliphatic carboxylic acids is 1. The zero-order valence-corrected chi connectivity index (χ0v) is 18.9. The number of pyridine rings is 1. The fourth-order valence-corrected chi connectivity index (χ4v) is 3.35. The summed E-state index contributed by atoms with van der Waals surface area (Å²) in [5.74, 6) is -3.15. The first-order chi connectivity index (χ1) is 16.7. The average Bonchev–Trinajstić information content (AvgIpc) is 3.20. The summed E-state index contributed by atoms with van der Waals surface area (Å²) in [6.45, 7) is 3.93. The standard InChI is InChI=1S/C19H20ClN7O.C2HF3O2/c20-18-17(24-25-27(18)13-14-4-2-1-3-5-14)19(28)23-15-6-7-22-12-16(15)26-10-8-21-9-11-26;3-2(4,5)1(6)7/h1-7,12,21H,8-11,13H2,(H,22,23,28);(H,6,7). The van der Waals surface area contributed by atoms with Gasteiger partial charge in [0.15, 0.2) is 10.8 Å². The van der Waals surface area contributed by atoms with Crippen LogP contribution in [0.5, 0.6) is 0 Å². The predicted octanol–water partition coefficient (Wildman–Crippen LogP) is 2.67. The number of alkyl halides is 3. The molecule has 1 saturated heterocycles. The third-order valence-electron chi connectivity index (χ3n) is 4.81. The lowest BCUT2D eigenvalue weighted by molar-refractivity contribution is -0.192. The van der Waals surface area contributed by atoms with Crippen LogP contribution < -0.4 is 15.5 Å². The first-order valence-electron chi connectivity index (χ1n) is 10.3. The molecule has 10 nitrogen and oxygen atoms in total. The van der Waals surface area contributed by atoms with E-state index in [0.717, 1.165) is 37.4 Å². The van der Waals surface area contributed by atoms with Crippen molar-refractivity contribution in [3.05, 3.63) is 65.2 Å². The molecule has 0 spiro atoms. The summed E-state index contributed by atoms with van der Waals surface area (Å²) in [6, 6.07) is 11.5. The summed E-state index contributed by atoms with van der Waals surface area (Å²) in [4.78, 5) is 28.1. The number of hydrogen-bond donors (Lipinski definition) is 3. The van der Waals surface area contributed by atoms with Crippen molar-refractivity contribution in [2.24, 2.45) is 0 Å². The van der Waals surface area contributed by atoms with Gasteiger partial charge in [0.25, 0.3) is 5.91 Å². The molecule has 0 unspecified atom stereocenters. The molecule has 35 heavy (non-hydrogen) atoms. The van der Waals surface area contributed by atoms with Crippen LogP contribution >= 0.6 is 11.6 Å². The van der Waals surface area contributed by atoms with E-state index in [1.54, 1.807) is 18.5 Å². The van der Waals surface area contributed by atoms with E-state index in [1.165, 1.54) is 4.68 Å². The number of rotatable bonds is 5. The molecule has 1 aliphatic heterocycles. The number of nitrogens with one attached hydrogen (secondary N) is 2. The molecule has 0 radical (unpaired) electrons. The molecule has 1 fully saturated rings. The minimum atomic E-state index is -5.08. The highest BCUT2D eigenvalue weighted by molar-refractivity contribution is 6.33. The molecular weight excluding hydrogens is 491 g/mol. The molecule has 1 aromatic carbocycles. The minimum Gasteiger partial charge on any atom is -0.475 e. The monoisotopic (exact) mass is 511 g/mol. The van der Waals surface area contributed by atoms with Gasteiger partial charge in [-0.15, -0.1) is 5.10 Å². The Bertz CT molecular complexity index is 1150. The molecule has 3 N–H and O–H groups in total. The minimum absolute atomic E-state index is 0.0978. The van der Waals surface area contributed by atoms with Crippen molar-refractivity contribution in [2.75, 3.05) is 36.4 Å². The van der Waals surface area contributed by atoms with Gasteiger partial charge >= 0.3 is 12.1 Å². The van der Waals surface area contributed by atoms with Crippen molar-refractivity contribution >= 4 is 34.9 Å². The maximum atomic E-state index is 12.8. The van der Waals surface area contributed by atoms with Gasteiger partial charge in [-0.05, 0) is 11.6 Å². The Hall–Kier alpha value is -3.71. The molecule has 0 atom stereocenters. The summed E-state index contributed by atoms with van der Waals surface area (Å²) in [5.41, 5.74) is 2.68. The number of carbonyl (C=O) groups is 2. The predicted molar refractivity (Wildman–Crippen MR) is 122 cm³/mol. The van der Waals surface area contributed by atoms with E-state index in [4.69, 9.17) is 21.5 Å². The van der Waals surface area contributed by atoms with E-state index in [9.17, 15) is 18.0 Å². The van der Waals surface area contributed by atoms with E-state index < -0.39 is 18.1 Å². The first-order valence-corrected chi connectivity index (χ1v) is 10.7. The van der Waals surface area contributed by atoms with Gasteiger partial charge in [0.2, 0.25) is 0 Å². The van der Waals surface area contributed by atoms with Gasteiger partial charge in [0, 0.05) is 32.4 Å². The number of benzene rings is 1. The third-order valence-corrected chi connectivity index (χ3v) is 5.19. The second-order valence-electron chi connectivity index (χ2n) is 7.26. The van der Waals surface area contributed by atoms with E-state index in [1.807, 2.05) is 30.3 Å². The quantitative estimate of drug-likeness (QED) is 0.477. The number of piperazine rings is 1. The second kappa shape index (κ2) is 11.6. The van der Waals surface area contributed by atoms with Crippen molar-refractivity contribution in [1.29, 1.82) is 0 Å². The lowest BCUT2D eigenvalue weighted by atomic mass is 10.2. The highest BCUT2D eigenvalue weighted by atomic mass is 35.5. The topological polar surface area (TPSA) is 125 Å². The van der Waals surface area contributed by atoms with Crippen molar-refractivity contribution in [1.82, 2.24) is 25.3 Å². The summed E-state index contributed by atoms with van der Waals surface area (Å²) >= 11 is 6.37. The Morgan fingerprint density at radius 1 is 1.14 bits per heavy atom. The fourth-order valence-electron chi connectivity index (χ4n) is 3.13. The largest absolute Gasteiger partial charge is 0.490 e. The molecular formula is C21H21ClF3N7O3. The van der Waals surface area contributed by atoms with Gasteiger partial charge in [0.05, 0.1) is 24.1 Å². The zero-order valence-electron chi connectivity index (χ0n) is 18.2. The van der Waals surface area contributed by atoms with Crippen molar-refractivity contribution in [3.8, 4) is 0 Å². The molecule has 3 aromatic rings. The Kier molecular flexibility index (Phi) is 8.60. The highest BCUT2D eigenvalue weighted by Crippen LogP contribution is 2.26. The molecule has 186 valence electrons. The first kappa shape index (κ1) is 25.9. The fraction of sp³-hybridized carbons (Fsp3) is 0.286. The Morgan fingerprint density at radius 3 is 2.43 bits per heavy atom. The number of amides is 1. The molecule has 2 aromatic heterocycles. The maximum Gasteiger partial charge on any atom is 0.490 e. The smallest absolute Gasteiger partial charge is 0.475 e. The SMILES string of the molecule is O=C(Nc1ccncc1N1CCNCC1)c1nnn(Cc2ccccc2)c1Cl.O=C(O)C(F)(F)F. The number of halogens is 4. The van der Waals surface area contributed by atoms with Crippen LogP contribution in [0.2, 0.25) is 5.15 Å². The zero-order chi connectivity index (χ0) is 25.4. The number of carboxylic acids is 1. The van der Waals surface area contributed by atoms with Crippen LogP contribution in [0.3, 0.4) is 0 Å². The second-order valence-corrected chi connectivity index (χ2v) is 7.62. The van der Waals surface area contributed by atoms with Crippen molar-refractivity contribution in [3.63, 3.8) is 0 Å². The van der Waals surface area contributed by atoms with Crippen LogP contribution in [-0.2, 0) is 11.3 Å². The highest BCUT2D eigenvalue weighted by Gasteiger charge is 2.38. The number of hydrogen-bond acceptors (Lipinski definition) is 7. The van der Waals surface area contributed by atoms with Crippen LogP contribution in [0.4, 0.5) is 24.5 Å². The van der Waals surface area contributed by atoms with E-state index >= 15 is 0 Å². The Morgan fingerprint density at radius 2 is 1.80 bits per heavy atom. The summed E-state index contributed by atoms with van der Waals surface area (Å²) in [5, 5.41) is 21.6. The van der Waals surface area contributed by atoms with Gasteiger partial charge in [0.1, 0.15) is 0 Å². The van der Waals surface area contributed by atoms with Gasteiger partial charge in [-0.2, -0.15) is 13.2 Å². The number of carbonyl (C=O) groups excluding carboxylic acids is 1. The lowest BCUT2D eigenvalue weighted by Crippen LogP contribution is -2.43. The molecule has 0 aliphatic carbocycles. The van der Waals surface area contributed by atoms with Crippen LogP contribution in [0.1, 0.15) is 16.1 Å². The number of aromatic nitrogens is 4. The van der Waals surface area contributed by atoms with Crippen LogP contribution in [0.25, 0.3) is 0 Å². The van der Waals surface area contributed by atoms with Crippen molar-refractivity contribution in [2.45, 2.75) is 12.7 Å². The third kappa shape index (κ3) is 7.13. The van der Waals surface area contributed by atoms with E-state index in [0.29, 0.717) is 12.2 Å². The summed E-state index contributed by atoms with van der Waals surface area (Å²) in [6.07, 6.45) is -1.68. The van der Waals surface area contributed by atoms with Crippen LogP contribution in [-0.4, -0.2) is 69.3 Å². The van der Waals surface area contributed by atoms with Crippen LogP contribution in [0.15, 0.2) is 48.8 Å². The molecule has 3 heterocycles. The Labute approximate surface area is 202 Å². The number of anilines is 2. The average molecular weight is 512 g/mol. The van der Waals surface area contributed by atoms with Gasteiger partial charge in [-0.3, -0.25) is 9.78 Å². The van der Waals surface area contributed by atoms with Gasteiger partial charge < -0.3 is 20.6 Å². The molecule has 14 heteroatoms. The molecule has 4 rings (SSSR count). The molecule has 1 amide bonds. The molecule has 0 bridgehead atoms. The molecule has 0 saturated carbocycles. The van der Waals surface area contributed by atoms with Gasteiger partial charge in [-0.25, -0.2) is 9.48 Å². The van der Waals surface area contributed by atoms with Crippen molar-refractivity contribution < 1.29 is 27.9 Å². The van der Waals surface area contributed by atoms with E-state index in [2.05, 4.69) is 30.8 Å². The lowest BCUT2D eigenvalue weighted by Gasteiger charge is -2.30. The maximum absolute atomic E-state index is 12.8. The number of nitrogens with zero attached hydrogens (tertiary/aromatic N) is 5.